The molecule has 1 amide bonds. The second kappa shape index (κ2) is 6.30. The lowest BCUT2D eigenvalue weighted by atomic mass is 10.2. The van der Waals surface area contributed by atoms with Gasteiger partial charge in [0.2, 0.25) is 5.91 Å². The number of carbonyl (C=O) groups is 1. The number of rotatable bonds is 5. The molecule has 2 rings (SSSR count). The first-order valence-corrected chi connectivity index (χ1v) is 6.33. The van der Waals surface area contributed by atoms with Gasteiger partial charge in [-0.1, -0.05) is 23.7 Å². The van der Waals surface area contributed by atoms with Gasteiger partial charge in [-0.25, -0.2) is 0 Å². The highest BCUT2D eigenvalue weighted by Gasteiger charge is 2.09. The summed E-state index contributed by atoms with van der Waals surface area (Å²) in [4.78, 5) is 11.1. The van der Waals surface area contributed by atoms with Crippen molar-refractivity contribution in [2.45, 2.75) is 6.61 Å². The van der Waals surface area contributed by atoms with E-state index in [4.69, 9.17) is 26.8 Å². The van der Waals surface area contributed by atoms with Crippen molar-refractivity contribution in [3.63, 3.8) is 0 Å². The van der Waals surface area contributed by atoms with Gasteiger partial charge in [0.1, 0.15) is 6.61 Å². The molecule has 104 valence electrons. The van der Waals surface area contributed by atoms with Gasteiger partial charge in [0.05, 0.1) is 7.11 Å². The van der Waals surface area contributed by atoms with Crippen molar-refractivity contribution in [3.8, 4) is 11.5 Å². The van der Waals surface area contributed by atoms with E-state index in [-0.39, 0.29) is 0 Å². The maximum absolute atomic E-state index is 11.1. The number of primary amides is 1. The number of ether oxygens (including phenoxy) is 2. The van der Waals surface area contributed by atoms with Crippen LogP contribution >= 0.6 is 11.6 Å². The summed E-state index contributed by atoms with van der Waals surface area (Å²) in [5.74, 6) is 0.510. The second-order valence-corrected chi connectivity index (χ2v) is 4.58. The van der Waals surface area contributed by atoms with Gasteiger partial charge in [0.25, 0.3) is 0 Å². The molecule has 0 saturated heterocycles. The molecule has 0 heterocycles. The molecule has 0 saturated carbocycles. The molecule has 0 radical (unpaired) electrons. The highest BCUT2D eigenvalue weighted by molar-refractivity contribution is 6.30. The molecule has 0 spiro atoms. The number of methoxy groups -OCH3 is 1. The van der Waals surface area contributed by atoms with E-state index in [1.165, 1.54) is 7.11 Å². The lowest BCUT2D eigenvalue weighted by molar-refractivity contribution is 0.1000. The Hall–Kier alpha value is -2.20. The van der Waals surface area contributed by atoms with Crippen LogP contribution in [0.15, 0.2) is 42.5 Å². The van der Waals surface area contributed by atoms with Crippen LogP contribution in [0.25, 0.3) is 0 Å². The smallest absolute Gasteiger partial charge is 0.248 e. The standard InChI is InChI=1S/C15H14ClNO3/c1-19-14-8-11(15(17)18)4-7-13(14)20-9-10-2-5-12(16)6-3-10/h2-8H,9H2,1H3,(H2,17,18). The summed E-state index contributed by atoms with van der Waals surface area (Å²) in [6.45, 7) is 0.378. The van der Waals surface area contributed by atoms with Gasteiger partial charge in [-0.05, 0) is 35.9 Å². The predicted octanol–water partition coefficient (Wildman–Crippen LogP) is 3.03. The number of benzene rings is 2. The molecule has 0 aliphatic carbocycles. The first-order valence-electron chi connectivity index (χ1n) is 5.95. The van der Waals surface area contributed by atoms with Gasteiger partial charge in [-0.3, -0.25) is 4.79 Å². The van der Waals surface area contributed by atoms with Crippen LogP contribution in [-0.4, -0.2) is 13.0 Å². The van der Waals surface area contributed by atoms with E-state index in [9.17, 15) is 4.79 Å². The van der Waals surface area contributed by atoms with Crippen LogP contribution in [-0.2, 0) is 6.61 Å². The summed E-state index contributed by atoms with van der Waals surface area (Å²) in [5.41, 5.74) is 6.58. The van der Waals surface area contributed by atoms with Crippen LogP contribution in [0.5, 0.6) is 11.5 Å². The Labute approximate surface area is 122 Å². The average molecular weight is 292 g/mol. The third-order valence-electron chi connectivity index (χ3n) is 2.76. The summed E-state index contributed by atoms with van der Waals surface area (Å²) < 4.78 is 10.9. The predicted molar refractivity (Wildman–Crippen MR) is 77.3 cm³/mol. The van der Waals surface area contributed by atoms with E-state index in [2.05, 4.69) is 0 Å². The van der Waals surface area contributed by atoms with Crippen LogP contribution in [0.4, 0.5) is 0 Å². The summed E-state index contributed by atoms with van der Waals surface area (Å²) in [7, 11) is 1.51. The fraction of sp³-hybridized carbons (Fsp3) is 0.133. The summed E-state index contributed by atoms with van der Waals surface area (Å²) >= 11 is 5.82. The fourth-order valence-electron chi connectivity index (χ4n) is 1.68. The van der Waals surface area contributed by atoms with Gasteiger partial charge in [-0.2, -0.15) is 0 Å². The zero-order chi connectivity index (χ0) is 14.5. The van der Waals surface area contributed by atoms with Gasteiger partial charge >= 0.3 is 0 Å². The Morgan fingerprint density at radius 3 is 2.45 bits per heavy atom. The minimum atomic E-state index is -0.507. The lowest BCUT2D eigenvalue weighted by Crippen LogP contribution is -2.11. The first kappa shape index (κ1) is 14.2. The Morgan fingerprint density at radius 1 is 1.15 bits per heavy atom. The third-order valence-corrected chi connectivity index (χ3v) is 3.01. The van der Waals surface area contributed by atoms with Crippen molar-refractivity contribution in [3.05, 3.63) is 58.6 Å². The summed E-state index contributed by atoms with van der Waals surface area (Å²) in [6, 6.07) is 12.2. The molecule has 2 N–H and O–H groups in total. The van der Waals surface area contributed by atoms with Gasteiger partial charge < -0.3 is 15.2 Å². The maximum atomic E-state index is 11.1. The van der Waals surface area contributed by atoms with Gasteiger partial charge in [0.15, 0.2) is 11.5 Å². The molecule has 0 aromatic heterocycles. The minimum absolute atomic E-state index is 0.376. The molecule has 4 nitrogen and oxygen atoms in total. The highest BCUT2D eigenvalue weighted by atomic mass is 35.5. The fourth-order valence-corrected chi connectivity index (χ4v) is 1.81. The number of amides is 1. The van der Waals surface area contributed by atoms with E-state index >= 15 is 0 Å². The largest absolute Gasteiger partial charge is 0.493 e. The first-order chi connectivity index (χ1) is 9.60. The number of carbonyl (C=O) groups excluding carboxylic acids is 1. The molecule has 5 heteroatoms. The van der Waals surface area contributed by atoms with Crippen molar-refractivity contribution < 1.29 is 14.3 Å². The quantitative estimate of drug-likeness (QED) is 0.921. The molecule has 0 atom stereocenters. The third kappa shape index (κ3) is 3.42. The molecular weight excluding hydrogens is 278 g/mol. The molecule has 0 unspecified atom stereocenters. The minimum Gasteiger partial charge on any atom is -0.493 e. The van der Waals surface area contributed by atoms with Crippen molar-refractivity contribution in [1.82, 2.24) is 0 Å². The average Bonchev–Trinajstić information content (AvgIpc) is 2.46. The van der Waals surface area contributed by atoms with Crippen LogP contribution in [0.1, 0.15) is 15.9 Å². The zero-order valence-electron chi connectivity index (χ0n) is 10.9. The normalized spacial score (nSPS) is 10.1. The van der Waals surface area contributed by atoms with Crippen LogP contribution < -0.4 is 15.2 Å². The van der Waals surface area contributed by atoms with Crippen molar-refractivity contribution in [2.75, 3.05) is 7.11 Å². The van der Waals surface area contributed by atoms with Crippen LogP contribution in [0.2, 0.25) is 5.02 Å². The Balaban J connectivity index is 2.12. The van der Waals surface area contributed by atoms with Gasteiger partial charge in [0, 0.05) is 10.6 Å². The molecule has 20 heavy (non-hydrogen) atoms. The topological polar surface area (TPSA) is 61.5 Å². The molecule has 0 bridgehead atoms. The Bertz CT molecular complexity index is 611. The van der Waals surface area contributed by atoms with E-state index in [1.54, 1.807) is 30.3 Å². The molecule has 0 aliphatic rings. The second-order valence-electron chi connectivity index (χ2n) is 4.15. The molecule has 2 aromatic carbocycles. The molecular formula is C15H14ClNO3. The summed E-state index contributed by atoms with van der Waals surface area (Å²) in [5, 5.41) is 0.678. The molecule has 0 fully saturated rings. The number of hydrogen-bond acceptors (Lipinski definition) is 3. The van der Waals surface area contributed by atoms with E-state index in [0.29, 0.717) is 28.7 Å². The number of halogens is 1. The van der Waals surface area contributed by atoms with E-state index < -0.39 is 5.91 Å². The van der Waals surface area contributed by atoms with Crippen LogP contribution in [0.3, 0.4) is 0 Å². The molecule has 0 aliphatic heterocycles. The number of nitrogens with two attached hydrogens (primary N) is 1. The van der Waals surface area contributed by atoms with Crippen LogP contribution in [0, 0.1) is 0 Å². The summed E-state index contributed by atoms with van der Waals surface area (Å²) in [6.07, 6.45) is 0. The maximum Gasteiger partial charge on any atom is 0.248 e. The number of hydrogen-bond donors (Lipinski definition) is 1. The Kier molecular flexibility index (Phi) is 4.48. The van der Waals surface area contributed by atoms with Crippen molar-refractivity contribution in [2.24, 2.45) is 5.73 Å². The SMILES string of the molecule is COc1cc(C(N)=O)ccc1OCc1ccc(Cl)cc1. The van der Waals surface area contributed by atoms with Crippen molar-refractivity contribution >= 4 is 17.5 Å². The van der Waals surface area contributed by atoms with Gasteiger partial charge in [-0.15, -0.1) is 0 Å². The van der Waals surface area contributed by atoms with E-state index in [0.717, 1.165) is 5.56 Å². The van der Waals surface area contributed by atoms with Crippen molar-refractivity contribution in [1.29, 1.82) is 0 Å². The zero-order valence-corrected chi connectivity index (χ0v) is 11.7. The van der Waals surface area contributed by atoms with E-state index in [1.807, 2.05) is 12.1 Å². The molecule has 2 aromatic rings. The monoisotopic (exact) mass is 291 g/mol. The lowest BCUT2D eigenvalue weighted by Gasteiger charge is -2.11. The highest BCUT2D eigenvalue weighted by Crippen LogP contribution is 2.28. The Morgan fingerprint density at radius 2 is 1.85 bits per heavy atom.